The van der Waals surface area contributed by atoms with Gasteiger partial charge in [-0.1, -0.05) is 20.8 Å². The molecule has 1 saturated heterocycles. The van der Waals surface area contributed by atoms with E-state index >= 15 is 0 Å². The number of rotatable bonds is 5. The van der Waals surface area contributed by atoms with E-state index < -0.39 is 5.91 Å². The largest absolute Gasteiger partial charge is 0.365 e. The number of primary amides is 1. The summed E-state index contributed by atoms with van der Waals surface area (Å²) in [6.07, 6.45) is 3.12. The molecule has 0 aromatic carbocycles. The van der Waals surface area contributed by atoms with E-state index in [-0.39, 0.29) is 11.3 Å². The van der Waals surface area contributed by atoms with Gasteiger partial charge in [-0.3, -0.25) is 9.59 Å². The van der Waals surface area contributed by atoms with Crippen molar-refractivity contribution < 1.29 is 9.59 Å². The molecule has 8 heteroatoms. The molecule has 2 aromatic rings. The number of carbonyl (C=O) groups is 2. The van der Waals surface area contributed by atoms with Crippen LogP contribution in [-0.2, 0) is 4.79 Å². The van der Waals surface area contributed by atoms with E-state index in [4.69, 9.17) is 5.73 Å². The topological polar surface area (TPSA) is 101 Å². The maximum Gasteiger partial charge on any atom is 0.258 e. The Morgan fingerprint density at radius 3 is 2.57 bits per heavy atom. The molecule has 0 spiro atoms. The van der Waals surface area contributed by atoms with Crippen LogP contribution < -0.4 is 16.0 Å². The molecular formula is C20H29N5O2S. The summed E-state index contributed by atoms with van der Waals surface area (Å²) in [5.74, 6) is 1.87. The number of hydrogen-bond donors (Lipinski definition) is 2. The number of amides is 2. The minimum Gasteiger partial charge on any atom is -0.365 e. The first kappa shape index (κ1) is 20.5. The van der Waals surface area contributed by atoms with E-state index in [9.17, 15) is 9.59 Å². The molecule has 152 valence electrons. The molecule has 28 heavy (non-hydrogen) atoms. The average Bonchev–Trinajstić information content (AvgIpc) is 3.05. The predicted molar refractivity (Wildman–Crippen MR) is 113 cm³/mol. The van der Waals surface area contributed by atoms with Gasteiger partial charge >= 0.3 is 0 Å². The molecule has 2 amide bonds. The highest BCUT2D eigenvalue weighted by atomic mass is 32.1. The smallest absolute Gasteiger partial charge is 0.258 e. The third kappa shape index (κ3) is 4.60. The number of hydrogen-bond acceptors (Lipinski definition) is 6. The first-order valence-electron chi connectivity index (χ1n) is 9.76. The Bertz CT molecular complexity index is 879. The fourth-order valence-corrected chi connectivity index (χ4v) is 4.42. The number of fused-ring (bicyclic) bond motifs is 1. The molecular weight excluding hydrogens is 374 g/mol. The second-order valence-corrected chi connectivity index (χ2v) is 9.56. The van der Waals surface area contributed by atoms with Crippen LogP contribution in [0, 0.1) is 18.3 Å². The fourth-order valence-electron chi connectivity index (χ4n) is 3.45. The van der Waals surface area contributed by atoms with Crippen LogP contribution in [0.2, 0.25) is 0 Å². The van der Waals surface area contributed by atoms with Gasteiger partial charge in [0.15, 0.2) is 0 Å². The molecule has 7 nitrogen and oxygen atoms in total. The third-order valence-corrected chi connectivity index (χ3v) is 6.28. The minimum absolute atomic E-state index is 0.103. The van der Waals surface area contributed by atoms with Gasteiger partial charge < -0.3 is 16.0 Å². The van der Waals surface area contributed by atoms with E-state index in [1.165, 1.54) is 11.3 Å². The van der Waals surface area contributed by atoms with Gasteiger partial charge in [-0.2, -0.15) is 0 Å². The Hall–Kier alpha value is -2.22. The Morgan fingerprint density at radius 1 is 1.29 bits per heavy atom. The van der Waals surface area contributed by atoms with Crippen molar-refractivity contribution in [3.8, 4) is 0 Å². The van der Waals surface area contributed by atoms with Gasteiger partial charge in [-0.25, -0.2) is 9.97 Å². The molecule has 0 unspecified atom stereocenters. The lowest BCUT2D eigenvalue weighted by Crippen LogP contribution is -2.38. The zero-order valence-electron chi connectivity index (χ0n) is 17.0. The van der Waals surface area contributed by atoms with Gasteiger partial charge in [0, 0.05) is 25.0 Å². The van der Waals surface area contributed by atoms with Crippen LogP contribution in [0.1, 0.15) is 55.5 Å². The molecule has 0 bridgehead atoms. The zero-order chi connectivity index (χ0) is 20.5. The monoisotopic (exact) mass is 403 g/mol. The Morgan fingerprint density at radius 2 is 1.96 bits per heavy atom. The second-order valence-electron chi connectivity index (χ2n) is 8.51. The Labute approximate surface area is 169 Å². The summed E-state index contributed by atoms with van der Waals surface area (Å²) in [6.45, 7) is 10.2. The van der Waals surface area contributed by atoms with Crippen LogP contribution in [0.15, 0.2) is 6.07 Å². The van der Waals surface area contributed by atoms with E-state index in [0.717, 1.165) is 54.9 Å². The molecule has 1 fully saturated rings. The van der Waals surface area contributed by atoms with Gasteiger partial charge in [0.1, 0.15) is 11.6 Å². The molecule has 0 radical (unpaired) electrons. The SMILES string of the molecule is Cc1nc(N2CCC(CCNC(=O)C(C)(C)C)CC2)c2sc(C(N)=O)cc2n1. The number of nitrogens with zero attached hydrogens (tertiary/aromatic N) is 3. The summed E-state index contributed by atoms with van der Waals surface area (Å²) in [6, 6.07) is 1.76. The summed E-state index contributed by atoms with van der Waals surface area (Å²) in [5, 5.41) is 3.04. The summed E-state index contributed by atoms with van der Waals surface area (Å²) < 4.78 is 0.926. The molecule has 3 N–H and O–H groups in total. The molecule has 3 heterocycles. The number of aryl methyl sites for hydroxylation is 1. The zero-order valence-corrected chi connectivity index (χ0v) is 17.9. The van der Waals surface area contributed by atoms with Crippen molar-refractivity contribution >= 4 is 39.2 Å². The molecule has 1 aliphatic rings. The molecule has 0 atom stereocenters. The quantitative estimate of drug-likeness (QED) is 0.799. The van der Waals surface area contributed by atoms with E-state index in [2.05, 4.69) is 20.2 Å². The van der Waals surface area contributed by atoms with E-state index in [1.807, 2.05) is 27.7 Å². The number of piperidine rings is 1. The predicted octanol–water partition coefficient (Wildman–Crippen LogP) is 2.87. The van der Waals surface area contributed by atoms with Crippen LogP contribution in [0.4, 0.5) is 5.82 Å². The normalized spacial score (nSPS) is 15.8. The van der Waals surface area contributed by atoms with E-state index in [0.29, 0.717) is 16.6 Å². The van der Waals surface area contributed by atoms with Crippen LogP contribution in [0.3, 0.4) is 0 Å². The van der Waals surface area contributed by atoms with E-state index in [1.54, 1.807) is 6.07 Å². The third-order valence-electron chi connectivity index (χ3n) is 5.14. The summed E-state index contributed by atoms with van der Waals surface area (Å²) in [4.78, 5) is 35.4. The van der Waals surface area contributed by atoms with Crippen molar-refractivity contribution in [1.29, 1.82) is 0 Å². The highest BCUT2D eigenvalue weighted by molar-refractivity contribution is 7.21. The van der Waals surface area contributed by atoms with Gasteiger partial charge in [-0.05, 0) is 38.2 Å². The molecule has 0 aliphatic carbocycles. The second kappa shape index (κ2) is 8.03. The number of nitrogens with one attached hydrogen (secondary N) is 1. The van der Waals surface area contributed by atoms with Crippen molar-refractivity contribution in [2.75, 3.05) is 24.5 Å². The fraction of sp³-hybridized carbons (Fsp3) is 0.600. The lowest BCUT2D eigenvalue weighted by molar-refractivity contribution is -0.128. The van der Waals surface area contributed by atoms with Crippen LogP contribution in [0.25, 0.3) is 10.2 Å². The van der Waals surface area contributed by atoms with Gasteiger partial charge in [0.25, 0.3) is 5.91 Å². The average molecular weight is 404 g/mol. The highest BCUT2D eigenvalue weighted by Gasteiger charge is 2.25. The van der Waals surface area contributed by atoms with Crippen molar-refractivity contribution in [3.05, 3.63) is 16.8 Å². The maximum absolute atomic E-state index is 12.0. The van der Waals surface area contributed by atoms with Crippen LogP contribution in [-0.4, -0.2) is 41.4 Å². The number of anilines is 1. The number of aromatic nitrogens is 2. The Balaban J connectivity index is 1.62. The van der Waals surface area contributed by atoms with Gasteiger partial charge in [0.2, 0.25) is 5.91 Å². The van der Waals surface area contributed by atoms with Crippen molar-refractivity contribution in [2.24, 2.45) is 17.1 Å². The van der Waals surface area contributed by atoms with Crippen molar-refractivity contribution in [1.82, 2.24) is 15.3 Å². The summed E-state index contributed by atoms with van der Waals surface area (Å²) >= 11 is 1.37. The molecule has 0 saturated carbocycles. The lowest BCUT2D eigenvalue weighted by atomic mass is 9.92. The van der Waals surface area contributed by atoms with Crippen molar-refractivity contribution in [2.45, 2.75) is 47.0 Å². The number of thiophene rings is 1. The van der Waals surface area contributed by atoms with Crippen LogP contribution >= 0.6 is 11.3 Å². The molecule has 2 aromatic heterocycles. The molecule has 1 aliphatic heterocycles. The number of carbonyl (C=O) groups excluding carboxylic acids is 2. The summed E-state index contributed by atoms with van der Waals surface area (Å²) in [5.41, 5.74) is 5.88. The maximum atomic E-state index is 12.0. The van der Waals surface area contributed by atoms with Crippen molar-refractivity contribution in [3.63, 3.8) is 0 Å². The first-order chi connectivity index (χ1) is 13.1. The lowest BCUT2D eigenvalue weighted by Gasteiger charge is -2.33. The first-order valence-corrected chi connectivity index (χ1v) is 10.6. The standard InChI is InChI=1S/C20H29N5O2S/c1-12-23-14-11-15(17(21)26)28-16(14)18(24-12)25-9-6-13(7-10-25)5-8-22-19(27)20(2,3)4/h11,13H,5-10H2,1-4H3,(H2,21,26)(H,22,27). The van der Waals surface area contributed by atoms with Gasteiger partial charge in [-0.15, -0.1) is 11.3 Å². The summed E-state index contributed by atoms with van der Waals surface area (Å²) in [7, 11) is 0. The molecule has 3 rings (SSSR count). The van der Waals surface area contributed by atoms with Crippen LogP contribution in [0.5, 0.6) is 0 Å². The number of nitrogens with two attached hydrogens (primary N) is 1. The minimum atomic E-state index is -0.428. The Kier molecular flexibility index (Phi) is 5.88. The van der Waals surface area contributed by atoms with Gasteiger partial charge in [0.05, 0.1) is 15.1 Å². The highest BCUT2D eigenvalue weighted by Crippen LogP contribution is 2.34.